The van der Waals surface area contributed by atoms with E-state index in [1.54, 1.807) is 0 Å². The molecule has 0 saturated heterocycles. The number of rotatable bonds is 4. The van der Waals surface area contributed by atoms with Gasteiger partial charge < -0.3 is 11.1 Å². The van der Waals surface area contributed by atoms with Gasteiger partial charge in [-0.25, -0.2) is 0 Å². The molecule has 0 heterocycles. The van der Waals surface area contributed by atoms with Crippen molar-refractivity contribution < 1.29 is 0 Å². The fourth-order valence-corrected chi connectivity index (χ4v) is 2.38. The number of nitrogens with one attached hydrogen (secondary N) is 1. The highest BCUT2D eigenvalue weighted by Crippen LogP contribution is 2.17. The van der Waals surface area contributed by atoms with Crippen LogP contribution in [0.1, 0.15) is 37.3 Å². The van der Waals surface area contributed by atoms with Crippen LogP contribution in [0.15, 0.2) is 24.3 Å². The second kappa shape index (κ2) is 5.46. The van der Waals surface area contributed by atoms with Crippen LogP contribution in [0, 0.1) is 0 Å². The predicted molar refractivity (Wildman–Crippen MR) is 68.3 cm³/mol. The summed E-state index contributed by atoms with van der Waals surface area (Å²) in [7, 11) is 0. The van der Waals surface area contributed by atoms with Crippen LogP contribution in [-0.2, 0) is 13.0 Å². The zero-order valence-corrected chi connectivity index (χ0v) is 10.1. The molecule has 1 saturated carbocycles. The second-order valence-electron chi connectivity index (χ2n) is 4.75. The lowest BCUT2D eigenvalue weighted by Crippen LogP contribution is -2.40. The van der Waals surface area contributed by atoms with Gasteiger partial charge in [-0.15, -0.1) is 0 Å². The van der Waals surface area contributed by atoms with E-state index in [9.17, 15) is 0 Å². The van der Waals surface area contributed by atoms with Crippen LogP contribution in [0.25, 0.3) is 0 Å². The Balaban J connectivity index is 1.84. The largest absolute Gasteiger partial charge is 0.326 e. The highest BCUT2D eigenvalue weighted by molar-refractivity contribution is 5.22. The fourth-order valence-electron chi connectivity index (χ4n) is 2.38. The first-order valence-electron chi connectivity index (χ1n) is 6.36. The molecule has 1 aromatic rings. The molecule has 2 nitrogen and oxygen atoms in total. The van der Waals surface area contributed by atoms with Crippen molar-refractivity contribution >= 4 is 0 Å². The Labute approximate surface area is 98.2 Å². The van der Waals surface area contributed by atoms with Crippen molar-refractivity contribution in [2.45, 2.75) is 51.2 Å². The zero-order chi connectivity index (χ0) is 11.4. The van der Waals surface area contributed by atoms with Crippen molar-refractivity contribution in [1.82, 2.24) is 5.32 Å². The zero-order valence-electron chi connectivity index (χ0n) is 10.1. The lowest BCUT2D eigenvalue weighted by atomic mass is 10.1. The van der Waals surface area contributed by atoms with Gasteiger partial charge in [0.15, 0.2) is 0 Å². The Morgan fingerprint density at radius 2 is 1.88 bits per heavy atom. The molecule has 0 spiro atoms. The van der Waals surface area contributed by atoms with E-state index in [1.165, 1.54) is 30.4 Å². The van der Waals surface area contributed by atoms with Crippen LogP contribution < -0.4 is 11.1 Å². The smallest absolute Gasteiger partial charge is 0.0222 e. The Morgan fingerprint density at radius 1 is 1.19 bits per heavy atom. The number of nitrogens with two attached hydrogens (primary N) is 1. The fraction of sp³-hybridized carbons (Fsp3) is 0.571. The summed E-state index contributed by atoms with van der Waals surface area (Å²) in [6.45, 7) is 3.13. The van der Waals surface area contributed by atoms with Crippen LogP contribution in [0.3, 0.4) is 0 Å². The Kier molecular flexibility index (Phi) is 3.97. The molecule has 1 aromatic carbocycles. The van der Waals surface area contributed by atoms with Crippen LogP contribution in [0.2, 0.25) is 0 Å². The maximum Gasteiger partial charge on any atom is 0.0222 e. The van der Waals surface area contributed by atoms with Gasteiger partial charge in [-0.05, 0) is 30.4 Å². The van der Waals surface area contributed by atoms with E-state index >= 15 is 0 Å². The maximum atomic E-state index is 6.03. The quantitative estimate of drug-likeness (QED) is 0.813. The molecule has 0 aliphatic heterocycles. The number of benzene rings is 1. The topological polar surface area (TPSA) is 38.0 Å². The molecular formula is C14H22N2. The molecule has 1 aliphatic rings. The summed E-state index contributed by atoms with van der Waals surface area (Å²) in [4.78, 5) is 0. The molecule has 1 fully saturated rings. The summed E-state index contributed by atoms with van der Waals surface area (Å²) in [5.41, 5.74) is 8.79. The van der Waals surface area contributed by atoms with E-state index in [2.05, 4.69) is 36.5 Å². The number of hydrogen-bond donors (Lipinski definition) is 2. The lowest BCUT2D eigenvalue weighted by Gasteiger charge is -2.17. The molecule has 2 rings (SSSR count). The molecule has 2 heteroatoms. The van der Waals surface area contributed by atoms with Crippen LogP contribution in [0.4, 0.5) is 0 Å². The third-order valence-corrected chi connectivity index (χ3v) is 3.57. The Bertz CT molecular complexity index is 318. The first-order valence-corrected chi connectivity index (χ1v) is 6.36. The van der Waals surface area contributed by atoms with Gasteiger partial charge in [0.05, 0.1) is 0 Å². The third kappa shape index (κ3) is 2.83. The van der Waals surface area contributed by atoms with Gasteiger partial charge in [-0.1, -0.05) is 37.6 Å². The first kappa shape index (κ1) is 11.6. The average molecular weight is 218 g/mol. The molecular weight excluding hydrogens is 196 g/mol. The lowest BCUT2D eigenvalue weighted by molar-refractivity contribution is 0.475. The highest BCUT2D eigenvalue weighted by atomic mass is 15.0. The highest BCUT2D eigenvalue weighted by Gasteiger charge is 2.22. The van der Waals surface area contributed by atoms with E-state index in [-0.39, 0.29) is 0 Å². The number of hydrogen-bond acceptors (Lipinski definition) is 2. The molecule has 2 unspecified atom stereocenters. The average Bonchev–Trinajstić information content (AvgIpc) is 2.73. The minimum Gasteiger partial charge on any atom is -0.326 e. The van der Waals surface area contributed by atoms with Gasteiger partial charge in [-0.3, -0.25) is 0 Å². The van der Waals surface area contributed by atoms with Gasteiger partial charge in [0.2, 0.25) is 0 Å². The molecule has 88 valence electrons. The van der Waals surface area contributed by atoms with Gasteiger partial charge >= 0.3 is 0 Å². The molecule has 16 heavy (non-hydrogen) atoms. The van der Waals surface area contributed by atoms with E-state index in [1.807, 2.05) is 0 Å². The van der Waals surface area contributed by atoms with Gasteiger partial charge in [-0.2, -0.15) is 0 Å². The molecule has 1 aliphatic carbocycles. The predicted octanol–water partition coefficient (Wildman–Crippen LogP) is 2.22. The second-order valence-corrected chi connectivity index (χ2v) is 4.75. The monoisotopic (exact) mass is 218 g/mol. The van der Waals surface area contributed by atoms with Gasteiger partial charge in [0.1, 0.15) is 0 Å². The molecule has 2 atom stereocenters. The normalized spacial score (nSPS) is 24.9. The Hall–Kier alpha value is -0.860. The SMILES string of the molecule is CCc1ccc(CNC2CCCC2N)cc1. The molecule has 3 N–H and O–H groups in total. The standard InChI is InChI=1S/C14H22N2/c1-2-11-6-8-12(9-7-11)10-16-14-5-3-4-13(14)15/h6-9,13-14,16H,2-5,10,15H2,1H3. The summed E-state index contributed by atoms with van der Waals surface area (Å²) in [6, 6.07) is 9.73. The van der Waals surface area contributed by atoms with E-state index in [0.29, 0.717) is 12.1 Å². The van der Waals surface area contributed by atoms with Crippen LogP contribution >= 0.6 is 0 Å². The maximum absolute atomic E-state index is 6.03. The summed E-state index contributed by atoms with van der Waals surface area (Å²) in [5, 5.41) is 3.56. The molecule has 0 amide bonds. The minimum atomic E-state index is 0.356. The van der Waals surface area contributed by atoms with Gasteiger partial charge in [0.25, 0.3) is 0 Å². The van der Waals surface area contributed by atoms with Crippen LogP contribution in [-0.4, -0.2) is 12.1 Å². The minimum absolute atomic E-state index is 0.356. The van der Waals surface area contributed by atoms with Crippen LogP contribution in [0.5, 0.6) is 0 Å². The first-order chi connectivity index (χ1) is 7.79. The summed E-state index contributed by atoms with van der Waals surface area (Å²) >= 11 is 0. The molecule has 0 aromatic heterocycles. The Morgan fingerprint density at radius 3 is 2.44 bits per heavy atom. The third-order valence-electron chi connectivity index (χ3n) is 3.57. The van der Waals surface area contributed by atoms with E-state index in [4.69, 9.17) is 5.73 Å². The van der Waals surface area contributed by atoms with E-state index < -0.39 is 0 Å². The molecule has 0 radical (unpaired) electrons. The van der Waals surface area contributed by atoms with Crippen molar-refractivity contribution in [3.8, 4) is 0 Å². The van der Waals surface area contributed by atoms with Gasteiger partial charge in [0, 0.05) is 18.6 Å². The summed E-state index contributed by atoms with van der Waals surface area (Å²) in [6.07, 6.45) is 4.79. The summed E-state index contributed by atoms with van der Waals surface area (Å²) < 4.78 is 0. The molecule has 0 bridgehead atoms. The van der Waals surface area contributed by atoms with Crippen molar-refractivity contribution in [3.63, 3.8) is 0 Å². The number of aryl methyl sites for hydroxylation is 1. The van der Waals surface area contributed by atoms with E-state index in [0.717, 1.165) is 13.0 Å². The van der Waals surface area contributed by atoms with Crippen molar-refractivity contribution in [2.75, 3.05) is 0 Å². The van der Waals surface area contributed by atoms with Crippen molar-refractivity contribution in [2.24, 2.45) is 5.73 Å². The van der Waals surface area contributed by atoms with Crippen molar-refractivity contribution in [3.05, 3.63) is 35.4 Å². The summed E-state index contributed by atoms with van der Waals surface area (Å²) in [5.74, 6) is 0. The van der Waals surface area contributed by atoms with Crippen molar-refractivity contribution in [1.29, 1.82) is 0 Å².